The molecule has 1 aliphatic heterocycles. The predicted molar refractivity (Wildman–Crippen MR) is 58.3 cm³/mol. The van der Waals surface area contributed by atoms with E-state index in [0.717, 1.165) is 31.9 Å². The third kappa shape index (κ3) is 3.67. The lowest BCUT2D eigenvalue weighted by atomic mass is 10.1. The zero-order valence-corrected chi connectivity index (χ0v) is 9.33. The average Bonchev–Trinajstić information content (AvgIpc) is 2.95. The van der Waals surface area contributed by atoms with E-state index in [9.17, 15) is 4.79 Å². The molecule has 2 rings (SSSR count). The van der Waals surface area contributed by atoms with E-state index in [1.165, 1.54) is 6.08 Å². The van der Waals surface area contributed by atoms with Crippen LogP contribution in [0.2, 0.25) is 0 Å². The summed E-state index contributed by atoms with van der Waals surface area (Å²) in [5.41, 5.74) is 0. The molecule has 92 valence electrons. The highest BCUT2D eigenvalue weighted by Crippen LogP contribution is 2.17. The fourth-order valence-corrected chi connectivity index (χ4v) is 1.73. The number of ether oxygens (including phenoxy) is 1. The number of carboxylic acids is 1. The van der Waals surface area contributed by atoms with Gasteiger partial charge in [0.15, 0.2) is 0 Å². The molecule has 2 heterocycles. The van der Waals surface area contributed by atoms with Gasteiger partial charge in [0.1, 0.15) is 0 Å². The molecule has 0 aliphatic carbocycles. The van der Waals surface area contributed by atoms with Crippen LogP contribution in [-0.4, -0.2) is 34.0 Å². The van der Waals surface area contributed by atoms with Crippen molar-refractivity contribution in [2.45, 2.75) is 31.8 Å². The Balaban J connectivity index is 1.83. The summed E-state index contributed by atoms with van der Waals surface area (Å²) in [6.07, 6.45) is 6.27. The molecular weight excluding hydrogens is 224 g/mol. The minimum atomic E-state index is -1.04. The number of hydrogen-bond acceptors (Lipinski definition) is 5. The molecular formula is C11H14N2O4. The largest absolute Gasteiger partial charge is 0.478 e. The van der Waals surface area contributed by atoms with Gasteiger partial charge in [0.25, 0.3) is 0 Å². The second kappa shape index (κ2) is 5.58. The summed E-state index contributed by atoms with van der Waals surface area (Å²) >= 11 is 0. The average molecular weight is 238 g/mol. The first-order valence-corrected chi connectivity index (χ1v) is 5.59. The van der Waals surface area contributed by atoms with Gasteiger partial charge in [0, 0.05) is 25.2 Å². The molecule has 6 nitrogen and oxygen atoms in total. The maximum atomic E-state index is 10.3. The van der Waals surface area contributed by atoms with Crippen LogP contribution in [0.3, 0.4) is 0 Å². The third-order valence-electron chi connectivity index (χ3n) is 2.56. The van der Waals surface area contributed by atoms with Crippen LogP contribution in [-0.2, 0) is 16.0 Å². The highest BCUT2D eigenvalue weighted by atomic mass is 16.5. The van der Waals surface area contributed by atoms with Crippen LogP contribution >= 0.6 is 0 Å². The van der Waals surface area contributed by atoms with E-state index in [4.69, 9.17) is 14.3 Å². The Kier molecular flexibility index (Phi) is 3.87. The van der Waals surface area contributed by atoms with Crippen molar-refractivity contribution in [2.75, 3.05) is 6.61 Å². The summed E-state index contributed by atoms with van der Waals surface area (Å²) in [6.45, 7) is 0.834. The molecule has 0 bridgehead atoms. The molecule has 6 heteroatoms. The monoisotopic (exact) mass is 238 g/mol. The zero-order valence-electron chi connectivity index (χ0n) is 9.33. The Morgan fingerprint density at radius 1 is 1.53 bits per heavy atom. The van der Waals surface area contributed by atoms with Gasteiger partial charge in [0.2, 0.25) is 11.8 Å². The Morgan fingerprint density at radius 2 is 2.41 bits per heavy atom. The van der Waals surface area contributed by atoms with Gasteiger partial charge in [-0.25, -0.2) is 4.79 Å². The number of nitrogens with zero attached hydrogens (tertiary/aromatic N) is 2. The lowest BCUT2D eigenvalue weighted by molar-refractivity contribution is -0.131. The number of aryl methyl sites for hydroxylation is 1. The van der Waals surface area contributed by atoms with Gasteiger partial charge in [-0.3, -0.25) is 0 Å². The first-order chi connectivity index (χ1) is 8.24. The normalized spacial score (nSPS) is 20.1. The van der Waals surface area contributed by atoms with Gasteiger partial charge in [0.05, 0.1) is 6.10 Å². The van der Waals surface area contributed by atoms with E-state index in [1.54, 1.807) is 0 Å². The lowest BCUT2D eigenvalue weighted by Crippen LogP contribution is -2.06. The van der Waals surface area contributed by atoms with E-state index in [1.807, 2.05) is 0 Å². The van der Waals surface area contributed by atoms with E-state index < -0.39 is 5.97 Å². The minimum Gasteiger partial charge on any atom is -0.478 e. The van der Waals surface area contributed by atoms with Crippen molar-refractivity contribution in [3.63, 3.8) is 0 Å². The van der Waals surface area contributed by atoms with Crippen molar-refractivity contribution in [1.82, 2.24) is 10.2 Å². The first kappa shape index (κ1) is 11.8. The second-order valence-electron chi connectivity index (χ2n) is 3.88. The zero-order chi connectivity index (χ0) is 12.1. The Hall–Kier alpha value is -1.69. The standard InChI is InChI=1S/C11H14N2O4/c14-11(15)6-5-10-13-12-9(17-10)4-3-8-2-1-7-16-8/h5-6,8H,1-4,7H2,(H,14,15)/b6-5+. The predicted octanol–water partition coefficient (Wildman–Crippen LogP) is 1.28. The molecule has 0 aromatic carbocycles. The molecule has 1 saturated heterocycles. The SMILES string of the molecule is O=C(O)/C=C/c1nnc(CCC2CCCO2)o1. The highest BCUT2D eigenvalue weighted by molar-refractivity contribution is 5.84. The molecule has 1 atom stereocenters. The van der Waals surface area contributed by atoms with Crippen molar-refractivity contribution in [3.8, 4) is 0 Å². The molecule has 0 amide bonds. The van der Waals surface area contributed by atoms with Crippen LogP contribution < -0.4 is 0 Å². The Morgan fingerprint density at radius 3 is 3.12 bits per heavy atom. The van der Waals surface area contributed by atoms with Gasteiger partial charge in [-0.05, 0) is 19.3 Å². The summed E-state index contributed by atoms with van der Waals surface area (Å²) in [6, 6.07) is 0. The summed E-state index contributed by atoms with van der Waals surface area (Å²) in [4.78, 5) is 10.3. The first-order valence-electron chi connectivity index (χ1n) is 5.59. The summed E-state index contributed by atoms with van der Waals surface area (Å²) < 4.78 is 10.7. The van der Waals surface area contributed by atoms with E-state index in [0.29, 0.717) is 18.4 Å². The van der Waals surface area contributed by atoms with Crippen molar-refractivity contribution in [3.05, 3.63) is 17.9 Å². The second-order valence-corrected chi connectivity index (χ2v) is 3.88. The smallest absolute Gasteiger partial charge is 0.328 e. The summed E-state index contributed by atoms with van der Waals surface area (Å²) in [5.74, 6) is -0.301. The fraction of sp³-hybridized carbons (Fsp3) is 0.545. The molecule has 1 N–H and O–H groups in total. The van der Waals surface area contributed by atoms with Crippen LogP contribution in [0, 0.1) is 0 Å². The third-order valence-corrected chi connectivity index (χ3v) is 2.56. The van der Waals surface area contributed by atoms with E-state index in [-0.39, 0.29) is 5.89 Å². The number of hydrogen-bond donors (Lipinski definition) is 1. The Labute approximate surface area is 98.3 Å². The summed E-state index contributed by atoms with van der Waals surface area (Å²) in [7, 11) is 0. The van der Waals surface area contributed by atoms with Crippen LogP contribution in [0.15, 0.2) is 10.5 Å². The lowest BCUT2D eigenvalue weighted by Gasteiger charge is -2.05. The summed E-state index contributed by atoms with van der Waals surface area (Å²) in [5, 5.41) is 16.0. The molecule has 17 heavy (non-hydrogen) atoms. The van der Waals surface area contributed by atoms with E-state index in [2.05, 4.69) is 10.2 Å². The topological polar surface area (TPSA) is 85.5 Å². The van der Waals surface area contributed by atoms with Crippen LogP contribution in [0.1, 0.15) is 31.0 Å². The molecule has 1 fully saturated rings. The van der Waals surface area contributed by atoms with Gasteiger partial charge in [-0.15, -0.1) is 10.2 Å². The van der Waals surface area contributed by atoms with Gasteiger partial charge in [-0.2, -0.15) is 0 Å². The van der Waals surface area contributed by atoms with Crippen molar-refractivity contribution in [2.24, 2.45) is 0 Å². The molecule has 0 saturated carbocycles. The molecule has 0 radical (unpaired) electrons. The molecule has 1 aliphatic rings. The van der Waals surface area contributed by atoms with Crippen molar-refractivity contribution < 1.29 is 19.1 Å². The number of carboxylic acid groups (broad SMARTS) is 1. The number of aromatic nitrogens is 2. The molecule has 1 unspecified atom stereocenters. The van der Waals surface area contributed by atoms with E-state index >= 15 is 0 Å². The number of rotatable bonds is 5. The molecule has 1 aromatic heterocycles. The highest BCUT2D eigenvalue weighted by Gasteiger charge is 2.16. The van der Waals surface area contributed by atoms with Crippen molar-refractivity contribution in [1.29, 1.82) is 0 Å². The van der Waals surface area contributed by atoms with Crippen LogP contribution in [0.5, 0.6) is 0 Å². The maximum Gasteiger partial charge on any atom is 0.328 e. The fourth-order valence-electron chi connectivity index (χ4n) is 1.73. The number of carbonyl (C=O) groups is 1. The molecule has 0 spiro atoms. The minimum absolute atomic E-state index is 0.217. The van der Waals surface area contributed by atoms with Gasteiger partial charge < -0.3 is 14.3 Å². The van der Waals surface area contributed by atoms with Crippen LogP contribution in [0.4, 0.5) is 0 Å². The van der Waals surface area contributed by atoms with Gasteiger partial charge in [-0.1, -0.05) is 0 Å². The van der Waals surface area contributed by atoms with Gasteiger partial charge >= 0.3 is 5.97 Å². The Bertz CT molecular complexity index is 407. The molecule has 1 aromatic rings. The van der Waals surface area contributed by atoms with Crippen LogP contribution in [0.25, 0.3) is 6.08 Å². The quantitative estimate of drug-likeness (QED) is 0.778. The number of aliphatic carboxylic acids is 1. The maximum absolute atomic E-state index is 10.3. The van der Waals surface area contributed by atoms with Crippen molar-refractivity contribution >= 4 is 12.0 Å².